The Kier molecular flexibility index (Phi) is 6.28. The molecule has 0 atom stereocenters. The Morgan fingerprint density at radius 1 is 1.00 bits per heavy atom. The maximum atomic E-state index is 6.18. The van der Waals surface area contributed by atoms with Crippen molar-refractivity contribution < 1.29 is 4.74 Å². The zero-order valence-electron chi connectivity index (χ0n) is 15.8. The molecule has 0 aliphatic heterocycles. The Morgan fingerprint density at radius 3 is 2.69 bits per heavy atom. The maximum Gasteiger partial charge on any atom is 0.191 e. The molecule has 0 radical (unpaired) electrons. The second kappa shape index (κ2) is 9.08. The zero-order chi connectivity index (χ0) is 20.2. The number of ether oxygens (including phenoxy) is 1. The van der Waals surface area contributed by atoms with E-state index in [1.807, 2.05) is 0 Å². The Bertz CT molecular complexity index is 1140. The molecule has 0 amide bonds. The molecule has 3 aromatic carbocycles. The Hall–Kier alpha value is -2.21. The van der Waals surface area contributed by atoms with Gasteiger partial charge in [-0.25, -0.2) is 0 Å². The quantitative estimate of drug-likeness (QED) is 0.300. The van der Waals surface area contributed by atoms with E-state index in [0.717, 1.165) is 23.3 Å². The zero-order valence-corrected chi connectivity index (χ0v) is 18.1. The Balaban J connectivity index is 1.49. The third-order valence-corrected chi connectivity index (χ3v) is 6.16. The fraction of sp³-hybridized carbons (Fsp3) is 0.182. The molecule has 4 aromatic rings. The monoisotopic (exact) mass is 443 g/mol. The highest BCUT2D eigenvalue weighted by Gasteiger charge is 2.14. The van der Waals surface area contributed by atoms with Crippen LogP contribution in [0.15, 0.2) is 65.8 Å². The minimum absolute atomic E-state index is 0.274. The van der Waals surface area contributed by atoms with Gasteiger partial charge in [-0.1, -0.05) is 77.4 Å². The maximum absolute atomic E-state index is 6.18. The van der Waals surface area contributed by atoms with E-state index in [9.17, 15) is 0 Å². The lowest BCUT2D eigenvalue weighted by Crippen LogP contribution is -2.07. The van der Waals surface area contributed by atoms with Crippen molar-refractivity contribution in [1.82, 2.24) is 14.8 Å². The molecule has 0 saturated heterocycles. The van der Waals surface area contributed by atoms with Gasteiger partial charge in [0.05, 0.1) is 5.02 Å². The van der Waals surface area contributed by atoms with Gasteiger partial charge in [-0.15, -0.1) is 10.2 Å². The third kappa shape index (κ3) is 4.53. The van der Waals surface area contributed by atoms with Gasteiger partial charge in [0.25, 0.3) is 0 Å². The number of hydrogen-bond donors (Lipinski definition) is 0. The molecule has 0 aliphatic carbocycles. The molecule has 0 fully saturated rings. The number of fused-ring (bicyclic) bond motifs is 1. The lowest BCUT2D eigenvalue weighted by Gasteiger charge is -2.10. The van der Waals surface area contributed by atoms with E-state index in [-0.39, 0.29) is 6.61 Å². The number of rotatable bonds is 7. The van der Waals surface area contributed by atoms with Crippen molar-refractivity contribution in [2.45, 2.75) is 31.0 Å². The van der Waals surface area contributed by atoms with Crippen molar-refractivity contribution in [3.8, 4) is 5.75 Å². The van der Waals surface area contributed by atoms with Gasteiger partial charge in [0, 0.05) is 23.4 Å². The van der Waals surface area contributed by atoms with Gasteiger partial charge in [-0.3, -0.25) is 0 Å². The fourth-order valence-electron chi connectivity index (χ4n) is 3.14. The first-order chi connectivity index (χ1) is 14.2. The van der Waals surface area contributed by atoms with Crippen molar-refractivity contribution in [2.24, 2.45) is 0 Å². The van der Waals surface area contributed by atoms with Crippen molar-refractivity contribution in [1.29, 1.82) is 0 Å². The van der Waals surface area contributed by atoms with E-state index in [4.69, 9.17) is 27.9 Å². The highest BCUT2D eigenvalue weighted by atomic mass is 35.5. The van der Waals surface area contributed by atoms with Gasteiger partial charge in [-0.2, -0.15) is 0 Å². The molecule has 1 aromatic heterocycles. The molecule has 4 rings (SSSR count). The van der Waals surface area contributed by atoms with Crippen LogP contribution in [0.1, 0.15) is 18.3 Å². The molecule has 0 bridgehead atoms. The predicted octanol–water partition coefficient (Wildman–Crippen LogP) is 6.63. The first kappa shape index (κ1) is 20.1. The molecular weight excluding hydrogens is 425 g/mol. The third-order valence-electron chi connectivity index (χ3n) is 4.60. The highest BCUT2D eigenvalue weighted by molar-refractivity contribution is 7.98. The smallest absolute Gasteiger partial charge is 0.191 e. The second-order valence-corrected chi connectivity index (χ2v) is 8.22. The molecule has 0 N–H and O–H groups in total. The molecule has 0 spiro atoms. The van der Waals surface area contributed by atoms with Gasteiger partial charge in [0.1, 0.15) is 12.4 Å². The minimum Gasteiger partial charge on any atom is -0.484 e. The van der Waals surface area contributed by atoms with Crippen molar-refractivity contribution in [3.63, 3.8) is 0 Å². The van der Waals surface area contributed by atoms with Crippen LogP contribution in [-0.2, 0) is 18.9 Å². The lowest BCUT2D eigenvalue weighted by molar-refractivity contribution is 0.288. The van der Waals surface area contributed by atoms with E-state index < -0.39 is 0 Å². The standard InChI is InChI=1S/C22H19Cl2N3OS/c1-2-27-21(13-28-20-12-17(23)10-11-19(20)24)25-26-22(27)29-14-16-8-5-7-15-6-3-4-9-18(15)16/h3-12H,2,13-14H2,1H3. The van der Waals surface area contributed by atoms with E-state index in [1.54, 1.807) is 30.0 Å². The van der Waals surface area contributed by atoms with E-state index in [2.05, 4.69) is 64.2 Å². The molecule has 1 heterocycles. The minimum atomic E-state index is 0.274. The number of hydrogen-bond acceptors (Lipinski definition) is 4. The normalized spacial score (nSPS) is 11.1. The first-order valence-corrected chi connectivity index (χ1v) is 11.0. The van der Waals surface area contributed by atoms with E-state index in [0.29, 0.717) is 15.8 Å². The molecule has 148 valence electrons. The van der Waals surface area contributed by atoms with Crippen molar-refractivity contribution in [2.75, 3.05) is 0 Å². The SMILES string of the molecule is CCn1c(COc2cc(Cl)ccc2Cl)nnc1SCc1cccc2ccccc12. The topological polar surface area (TPSA) is 39.9 Å². The van der Waals surface area contributed by atoms with Crippen LogP contribution in [0, 0.1) is 0 Å². The van der Waals surface area contributed by atoms with Crippen molar-refractivity contribution >= 4 is 45.7 Å². The Morgan fingerprint density at radius 2 is 1.83 bits per heavy atom. The molecule has 4 nitrogen and oxygen atoms in total. The summed E-state index contributed by atoms with van der Waals surface area (Å²) >= 11 is 13.9. The Labute approximate surface area is 183 Å². The van der Waals surface area contributed by atoms with Gasteiger partial charge >= 0.3 is 0 Å². The van der Waals surface area contributed by atoms with Crippen LogP contribution < -0.4 is 4.74 Å². The van der Waals surface area contributed by atoms with Gasteiger partial charge in [-0.05, 0) is 35.4 Å². The average Bonchev–Trinajstić information content (AvgIpc) is 3.14. The summed E-state index contributed by atoms with van der Waals surface area (Å²) in [5.74, 6) is 2.11. The molecule has 0 aliphatic rings. The summed E-state index contributed by atoms with van der Waals surface area (Å²) in [6, 6.07) is 20.0. The number of aromatic nitrogens is 3. The molecule has 7 heteroatoms. The van der Waals surface area contributed by atoms with E-state index in [1.165, 1.54) is 16.3 Å². The van der Waals surface area contributed by atoms with Crippen LogP contribution in [0.5, 0.6) is 5.75 Å². The number of halogens is 2. The molecule has 0 saturated carbocycles. The van der Waals surface area contributed by atoms with Gasteiger partial charge in [0.15, 0.2) is 11.0 Å². The van der Waals surface area contributed by atoms with Crippen molar-refractivity contribution in [3.05, 3.63) is 82.1 Å². The fourth-order valence-corrected chi connectivity index (χ4v) is 4.50. The molecule has 29 heavy (non-hydrogen) atoms. The van der Waals surface area contributed by atoms with Gasteiger partial charge < -0.3 is 9.30 Å². The summed E-state index contributed by atoms with van der Waals surface area (Å²) in [6.07, 6.45) is 0. The van der Waals surface area contributed by atoms with E-state index >= 15 is 0 Å². The summed E-state index contributed by atoms with van der Waals surface area (Å²) in [6.45, 7) is 3.10. The van der Waals surface area contributed by atoms with Crippen LogP contribution in [0.4, 0.5) is 0 Å². The first-order valence-electron chi connectivity index (χ1n) is 9.25. The van der Waals surface area contributed by atoms with Crippen LogP contribution in [0.3, 0.4) is 0 Å². The summed E-state index contributed by atoms with van der Waals surface area (Å²) in [4.78, 5) is 0. The van der Waals surface area contributed by atoms with Crippen LogP contribution in [0.25, 0.3) is 10.8 Å². The van der Waals surface area contributed by atoms with Gasteiger partial charge in [0.2, 0.25) is 0 Å². The lowest BCUT2D eigenvalue weighted by atomic mass is 10.1. The predicted molar refractivity (Wildman–Crippen MR) is 120 cm³/mol. The number of thioether (sulfide) groups is 1. The number of nitrogens with zero attached hydrogens (tertiary/aromatic N) is 3. The van der Waals surface area contributed by atoms with Crippen LogP contribution in [0.2, 0.25) is 10.0 Å². The second-order valence-electron chi connectivity index (χ2n) is 6.43. The molecule has 0 unspecified atom stereocenters. The average molecular weight is 444 g/mol. The molecular formula is C22H19Cl2N3OS. The van der Waals surface area contributed by atoms with Crippen LogP contribution in [-0.4, -0.2) is 14.8 Å². The number of benzene rings is 3. The summed E-state index contributed by atoms with van der Waals surface area (Å²) in [5.41, 5.74) is 1.28. The summed E-state index contributed by atoms with van der Waals surface area (Å²) in [5, 5.41) is 13.2. The highest BCUT2D eigenvalue weighted by Crippen LogP contribution is 2.29. The summed E-state index contributed by atoms with van der Waals surface area (Å²) < 4.78 is 7.89. The summed E-state index contributed by atoms with van der Waals surface area (Å²) in [7, 11) is 0. The van der Waals surface area contributed by atoms with Crippen LogP contribution >= 0.6 is 35.0 Å². The largest absolute Gasteiger partial charge is 0.484 e.